The van der Waals surface area contributed by atoms with E-state index in [1.165, 1.54) is 24.2 Å². The summed E-state index contributed by atoms with van der Waals surface area (Å²) in [5.41, 5.74) is 2.41. The van der Waals surface area contributed by atoms with Crippen molar-refractivity contribution < 1.29 is 0 Å². The van der Waals surface area contributed by atoms with Crippen molar-refractivity contribution in [2.45, 2.75) is 38.6 Å². The quantitative estimate of drug-likeness (QED) is 0.770. The molecule has 1 saturated carbocycles. The molecule has 13 heavy (non-hydrogen) atoms. The highest BCUT2D eigenvalue weighted by Gasteiger charge is 2.23. The monoisotopic (exact) mass is 179 g/mol. The lowest BCUT2D eigenvalue weighted by molar-refractivity contribution is 0.713. The molecule has 72 valence electrons. The van der Waals surface area contributed by atoms with Gasteiger partial charge >= 0.3 is 0 Å². The zero-order valence-electron chi connectivity index (χ0n) is 8.54. The van der Waals surface area contributed by atoms with Crippen molar-refractivity contribution in [3.8, 4) is 0 Å². The first-order valence-electron chi connectivity index (χ1n) is 4.97. The number of hydrogen-bond acceptors (Lipinski definition) is 2. The van der Waals surface area contributed by atoms with Gasteiger partial charge in [0.25, 0.3) is 0 Å². The molecule has 1 N–H and O–H groups in total. The fourth-order valence-corrected chi connectivity index (χ4v) is 1.49. The third-order valence-electron chi connectivity index (χ3n) is 2.34. The predicted molar refractivity (Wildman–Crippen MR) is 53.9 cm³/mol. The summed E-state index contributed by atoms with van der Waals surface area (Å²) < 4.78 is 1.89. The van der Waals surface area contributed by atoms with Crippen LogP contribution in [0.25, 0.3) is 0 Å². The third kappa shape index (κ3) is 1.85. The van der Waals surface area contributed by atoms with Crippen LogP contribution in [0.4, 0.5) is 5.69 Å². The Balaban J connectivity index is 2.19. The van der Waals surface area contributed by atoms with Crippen LogP contribution >= 0.6 is 0 Å². The van der Waals surface area contributed by atoms with E-state index in [1.807, 2.05) is 11.7 Å². The number of nitrogens with zero attached hydrogens (tertiary/aromatic N) is 2. The van der Waals surface area contributed by atoms with Gasteiger partial charge in [0.2, 0.25) is 0 Å². The summed E-state index contributed by atoms with van der Waals surface area (Å²) in [7, 11) is 1.98. The van der Waals surface area contributed by atoms with Crippen LogP contribution in [0, 0.1) is 0 Å². The van der Waals surface area contributed by atoms with Crippen LogP contribution in [0.2, 0.25) is 0 Å². The second-order valence-electron chi connectivity index (χ2n) is 4.17. The van der Waals surface area contributed by atoms with E-state index >= 15 is 0 Å². The van der Waals surface area contributed by atoms with Gasteiger partial charge in [0.1, 0.15) is 0 Å². The molecule has 0 atom stereocenters. The Kier molecular flexibility index (Phi) is 2.02. The van der Waals surface area contributed by atoms with Gasteiger partial charge in [-0.25, -0.2) is 0 Å². The lowest BCUT2D eigenvalue weighted by Gasteiger charge is -2.06. The van der Waals surface area contributed by atoms with Crippen molar-refractivity contribution in [2.24, 2.45) is 7.05 Å². The fraction of sp³-hybridized carbons (Fsp3) is 0.700. The summed E-state index contributed by atoms with van der Waals surface area (Å²) in [6.07, 6.45) is 4.70. The molecule has 0 saturated heterocycles. The van der Waals surface area contributed by atoms with Crippen molar-refractivity contribution in [1.29, 1.82) is 0 Å². The largest absolute Gasteiger partial charge is 0.380 e. The number of hydrogen-bond donors (Lipinski definition) is 1. The smallest absolute Gasteiger partial charge is 0.0881 e. The van der Waals surface area contributed by atoms with Gasteiger partial charge in [0, 0.05) is 19.3 Å². The number of anilines is 1. The van der Waals surface area contributed by atoms with Crippen molar-refractivity contribution in [1.82, 2.24) is 9.78 Å². The predicted octanol–water partition coefficient (Wildman–Crippen LogP) is 2.12. The summed E-state index contributed by atoms with van der Waals surface area (Å²) in [5.74, 6) is 0.502. The Labute approximate surface area is 79.1 Å². The van der Waals surface area contributed by atoms with Gasteiger partial charge in [-0.2, -0.15) is 5.10 Å². The van der Waals surface area contributed by atoms with E-state index < -0.39 is 0 Å². The van der Waals surface area contributed by atoms with Crippen LogP contribution in [-0.4, -0.2) is 15.8 Å². The Morgan fingerprint density at radius 2 is 2.23 bits per heavy atom. The van der Waals surface area contributed by atoms with Crippen molar-refractivity contribution in [3.63, 3.8) is 0 Å². The first kappa shape index (κ1) is 8.60. The molecule has 3 heteroatoms. The minimum absolute atomic E-state index is 0.502. The number of rotatable bonds is 3. The minimum atomic E-state index is 0.502. The molecule has 1 aliphatic carbocycles. The molecule has 0 bridgehead atoms. The molecule has 1 heterocycles. The number of nitrogens with one attached hydrogen (secondary N) is 1. The van der Waals surface area contributed by atoms with E-state index in [0.717, 1.165) is 0 Å². The fourth-order valence-electron chi connectivity index (χ4n) is 1.49. The van der Waals surface area contributed by atoms with Crippen LogP contribution in [-0.2, 0) is 7.05 Å². The summed E-state index contributed by atoms with van der Waals surface area (Å²) in [4.78, 5) is 0. The van der Waals surface area contributed by atoms with Gasteiger partial charge in [-0.15, -0.1) is 0 Å². The molecule has 0 unspecified atom stereocenters. The lowest BCUT2D eigenvalue weighted by atomic mass is 10.1. The second kappa shape index (κ2) is 3.05. The van der Waals surface area contributed by atoms with E-state index in [2.05, 4.69) is 30.5 Å². The molecule has 1 aromatic heterocycles. The molecule has 0 spiro atoms. The number of aryl methyl sites for hydroxylation is 1. The Hall–Kier alpha value is -0.990. The molecule has 0 amide bonds. The van der Waals surface area contributed by atoms with Crippen molar-refractivity contribution in [3.05, 3.63) is 11.9 Å². The van der Waals surface area contributed by atoms with Crippen LogP contribution in [0.3, 0.4) is 0 Å². The topological polar surface area (TPSA) is 29.9 Å². The van der Waals surface area contributed by atoms with E-state index in [1.54, 1.807) is 0 Å². The summed E-state index contributed by atoms with van der Waals surface area (Å²) in [6, 6.07) is 0.710. The average molecular weight is 179 g/mol. The van der Waals surface area contributed by atoms with Gasteiger partial charge in [-0.3, -0.25) is 4.68 Å². The molecule has 1 aliphatic rings. The molecular formula is C10H17N3. The molecular weight excluding hydrogens is 162 g/mol. The summed E-state index contributed by atoms with van der Waals surface area (Å²) in [6.45, 7) is 4.36. The van der Waals surface area contributed by atoms with E-state index in [9.17, 15) is 0 Å². The maximum atomic E-state index is 4.45. The first-order chi connectivity index (χ1) is 6.16. The molecule has 1 aromatic rings. The molecule has 1 fully saturated rings. The zero-order valence-corrected chi connectivity index (χ0v) is 8.54. The van der Waals surface area contributed by atoms with E-state index in [0.29, 0.717) is 12.0 Å². The van der Waals surface area contributed by atoms with Crippen molar-refractivity contribution in [2.75, 3.05) is 5.32 Å². The molecule has 2 rings (SSSR count). The van der Waals surface area contributed by atoms with E-state index in [-0.39, 0.29) is 0 Å². The minimum Gasteiger partial charge on any atom is -0.380 e. The van der Waals surface area contributed by atoms with Crippen LogP contribution in [0.1, 0.15) is 38.3 Å². The van der Waals surface area contributed by atoms with Gasteiger partial charge in [-0.05, 0) is 18.8 Å². The second-order valence-corrected chi connectivity index (χ2v) is 4.17. The van der Waals surface area contributed by atoms with E-state index in [4.69, 9.17) is 0 Å². The normalized spacial score (nSPS) is 16.6. The van der Waals surface area contributed by atoms with Gasteiger partial charge < -0.3 is 5.32 Å². The summed E-state index contributed by atoms with van der Waals surface area (Å²) >= 11 is 0. The third-order valence-corrected chi connectivity index (χ3v) is 2.34. The summed E-state index contributed by atoms with van der Waals surface area (Å²) in [5, 5.41) is 7.95. The standard InChI is InChI=1S/C10H17N3/c1-7(2)10-9(6-13(3)12-10)11-8-4-5-8/h6-8,11H,4-5H2,1-3H3. The number of aromatic nitrogens is 2. The average Bonchev–Trinajstić information content (AvgIpc) is 2.75. The maximum Gasteiger partial charge on any atom is 0.0881 e. The van der Waals surface area contributed by atoms with Crippen molar-refractivity contribution >= 4 is 5.69 Å². The maximum absolute atomic E-state index is 4.45. The van der Waals surface area contributed by atoms with Crippen LogP contribution in [0.15, 0.2) is 6.20 Å². The highest BCUT2D eigenvalue weighted by atomic mass is 15.3. The lowest BCUT2D eigenvalue weighted by Crippen LogP contribution is -2.03. The molecule has 0 aliphatic heterocycles. The Morgan fingerprint density at radius 3 is 2.77 bits per heavy atom. The molecule has 0 aromatic carbocycles. The van der Waals surface area contributed by atoms with Gasteiger partial charge in [0.05, 0.1) is 11.4 Å². The molecule has 0 radical (unpaired) electrons. The van der Waals surface area contributed by atoms with Crippen LogP contribution in [0.5, 0.6) is 0 Å². The zero-order chi connectivity index (χ0) is 9.42. The first-order valence-corrected chi connectivity index (χ1v) is 4.97. The van der Waals surface area contributed by atoms with Gasteiger partial charge in [-0.1, -0.05) is 13.8 Å². The highest BCUT2D eigenvalue weighted by Crippen LogP contribution is 2.29. The highest BCUT2D eigenvalue weighted by molar-refractivity contribution is 5.49. The Bertz CT molecular complexity index is 297. The SMILES string of the molecule is CC(C)c1nn(C)cc1NC1CC1. The Morgan fingerprint density at radius 1 is 1.54 bits per heavy atom. The molecule has 3 nitrogen and oxygen atoms in total. The van der Waals surface area contributed by atoms with Crippen LogP contribution < -0.4 is 5.32 Å². The van der Waals surface area contributed by atoms with Gasteiger partial charge in [0.15, 0.2) is 0 Å².